The van der Waals surface area contributed by atoms with E-state index in [2.05, 4.69) is 4.90 Å². The van der Waals surface area contributed by atoms with E-state index in [-0.39, 0.29) is 18.0 Å². The highest BCUT2D eigenvalue weighted by Crippen LogP contribution is 2.25. The van der Waals surface area contributed by atoms with Crippen LogP contribution in [0.4, 0.5) is 4.39 Å². The van der Waals surface area contributed by atoms with Crippen LogP contribution in [0.15, 0.2) is 24.3 Å². The zero-order chi connectivity index (χ0) is 11.5. The van der Waals surface area contributed by atoms with Crippen molar-refractivity contribution in [3.8, 4) is 0 Å². The lowest BCUT2D eigenvalue weighted by atomic mass is 10.0. The van der Waals surface area contributed by atoms with E-state index in [9.17, 15) is 9.50 Å². The summed E-state index contributed by atoms with van der Waals surface area (Å²) in [5.74, 6) is -0.138. The number of halogens is 1. The first-order chi connectivity index (χ1) is 7.68. The third-order valence-corrected chi connectivity index (χ3v) is 3.40. The molecule has 0 radical (unpaired) electrons. The standard InChI is InChI=1S/C13H18FNO/c1-10(12-4-2-3-5-13(12)14)15-8-6-11(16)7-9-15/h2-5,10-11,16H,6-9H2,1H3/t10-/m0/s1. The van der Waals surface area contributed by atoms with Crippen molar-refractivity contribution >= 4 is 0 Å². The van der Waals surface area contributed by atoms with E-state index >= 15 is 0 Å². The van der Waals surface area contributed by atoms with Gasteiger partial charge in [-0.05, 0) is 25.8 Å². The van der Waals surface area contributed by atoms with Crippen LogP contribution in [0.1, 0.15) is 31.4 Å². The second-order valence-electron chi connectivity index (χ2n) is 4.46. The van der Waals surface area contributed by atoms with Gasteiger partial charge in [-0.1, -0.05) is 18.2 Å². The summed E-state index contributed by atoms with van der Waals surface area (Å²) in [6, 6.07) is 7.02. The Morgan fingerprint density at radius 1 is 1.31 bits per heavy atom. The molecule has 0 unspecified atom stereocenters. The average molecular weight is 223 g/mol. The first-order valence-corrected chi connectivity index (χ1v) is 5.85. The van der Waals surface area contributed by atoms with Crippen molar-refractivity contribution in [1.82, 2.24) is 4.90 Å². The number of aliphatic hydroxyl groups is 1. The number of benzene rings is 1. The van der Waals surface area contributed by atoms with Crippen LogP contribution in [-0.4, -0.2) is 29.2 Å². The molecule has 1 aromatic rings. The third-order valence-electron chi connectivity index (χ3n) is 3.40. The molecule has 3 heteroatoms. The van der Waals surface area contributed by atoms with Gasteiger partial charge in [0.25, 0.3) is 0 Å². The molecular formula is C13H18FNO. The molecule has 1 saturated heterocycles. The first-order valence-electron chi connectivity index (χ1n) is 5.85. The molecule has 0 amide bonds. The van der Waals surface area contributed by atoms with Crippen LogP contribution < -0.4 is 0 Å². The van der Waals surface area contributed by atoms with Crippen LogP contribution in [-0.2, 0) is 0 Å². The van der Waals surface area contributed by atoms with Crippen molar-refractivity contribution in [2.75, 3.05) is 13.1 Å². The zero-order valence-corrected chi connectivity index (χ0v) is 9.56. The lowest BCUT2D eigenvalue weighted by Crippen LogP contribution is -2.37. The van der Waals surface area contributed by atoms with Crippen LogP contribution in [0.3, 0.4) is 0 Å². The third kappa shape index (κ3) is 2.42. The van der Waals surface area contributed by atoms with Crippen LogP contribution in [0.5, 0.6) is 0 Å². The largest absolute Gasteiger partial charge is 0.393 e. The number of rotatable bonds is 2. The summed E-state index contributed by atoms with van der Waals surface area (Å²) in [5.41, 5.74) is 0.749. The molecule has 1 aliphatic heterocycles. The summed E-state index contributed by atoms with van der Waals surface area (Å²) >= 11 is 0. The van der Waals surface area contributed by atoms with Gasteiger partial charge >= 0.3 is 0 Å². The van der Waals surface area contributed by atoms with Gasteiger partial charge in [0.1, 0.15) is 5.82 Å². The Morgan fingerprint density at radius 3 is 2.56 bits per heavy atom. The predicted molar refractivity (Wildman–Crippen MR) is 61.6 cm³/mol. The Balaban J connectivity index is 2.07. The minimum Gasteiger partial charge on any atom is -0.393 e. The fraction of sp³-hybridized carbons (Fsp3) is 0.538. The quantitative estimate of drug-likeness (QED) is 0.832. The lowest BCUT2D eigenvalue weighted by molar-refractivity contribution is 0.0637. The molecule has 1 N–H and O–H groups in total. The Labute approximate surface area is 95.7 Å². The molecule has 1 atom stereocenters. The monoisotopic (exact) mass is 223 g/mol. The molecule has 16 heavy (non-hydrogen) atoms. The van der Waals surface area contributed by atoms with Crippen LogP contribution >= 0.6 is 0 Å². The molecular weight excluding hydrogens is 205 g/mol. The van der Waals surface area contributed by atoms with Gasteiger partial charge in [0.2, 0.25) is 0 Å². The maximum atomic E-state index is 13.6. The average Bonchev–Trinajstić information content (AvgIpc) is 2.30. The van der Waals surface area contributed by atoms with Gasteiger partial charge < -0.3 is 5.11 Å². The maximum absolute atomic E-state index is 13.6. The summed E-state index contributed by atoms with van der Waals surface area (Å²) in [6.07, 6.45) is 1.40. The summed E-state index contributed by atoms with van der Waals surface area (Å²) in [7, 11) is 0. The number of piperidine rings is 1. The molecule has 2 nitrogen and oxygen atoms in total. The van der Waals surface area contributed by atoms with E-state index in [0.29, 0.717) is 0 Å². The van der Waals surface area contributed by atoms with Crippen molar-refractivity contribution < 1.29 is 9.50 Å². The van der Waals surface area contributed by atoms with Crippen molar-refractivity contribution in [2.24, 2.45) is 0 Å². The van der Waals surface area contributed by atoms with Gasteiger partial charge in [0.05, 0.1) is 6.10 Å². The Kier molecular flexibility index (Phi) is 3.56. The van der Waals surface area contributed by atoms with Gasteiger partial charge in [0.15, 0.2) is 0 Å². The molecule has 0 spiro atoms. The van der Waals surface area contributed by atoms with Crippen LogP contribution in [0.25, 0.3) is 0 Å². The molecule has 0 aliphatic carbocycles. The lowest BCUT2D eigenvalue weighted by Gasteiger charge is -2.34. The van der Waals surface area contributed by atoms with Crippen molar-refractivity contribution in [1.29, 1.82) is 0 Å². The number of nitrogens with zero attached hydrogens (tertiary/aromatic N) is 1. The molecule has 1 aromatic carbocycles. The van der Waals surface area contributed by atoms with Crippen molar-refractivity contribution in [2.45, 2.75) is 31.9 Å². The summed E-state index contributed by atoms with van der Waals surface area (Å²) in [5, 5.41) is 9.43. The molecule has 2 rings (SSSR count). The number of hydrogen-bond acceptors (Lipinski definition) is 2. The molecule has 1 heterocycles. The minimum atomic E-state index is -0.177. The van der Waals surface area contributed by atoms with E-state index in [1.165, 1.54) is 6.07 Å². The topological polar surface area (TPSA) is 23.5 Å². The highest BCUT2D eigenvalue weighted by atomic mass is 19.1. The molecule has 1 aliphatic rings. The molecule has 88 valence electrons. The first kappa shape index (κ1) is 11.6. The molecule has 0 saturated carbocycles. The fourth-order valence-electron chi connectivity index (χ4n) is 2.28. The maximum Gasteiger partial charge on any atom is 0.127 e. The van der Waals surface area contributed by atoms with Crippen molar-refractivity contribution in [3.05, 3.63) is 35.6 Å². The van der Waals surface area contributed by atoms with Gasteiger partial charge in [-0.3, -0.25) is 4.90 Å². The highest BCUT2D eigenvalue weighted by molar-refractivity contribution is 5.20. The minimum absolute atomic E-state index is 0.0914. The Bertz CT molecular complexity index is 348. The van der Waals surface area contributed by atoms with E-state index in [0.717, 1.165) is 31.5 Å². The summed E-state index contributed by atoms with van der Waals surface area (Å²) in [4.78, 5) is 2.23. The van der Waals surface area contributed by atoms with E-state index in [1.807, 2.05) is 19.1 Å². The second-order valence-corrected chi connectivity index (χ2v) is 4.46. The van der Waals surface area contributed by atoms with Gasteiger partial charge in [-0.25, -0.2) is 4.39 Å². The fourth-order valence-corrected chi connectivity index (χ4v) is 2.28. The van der Waals surface area contributed by atoms with Gasteiger partial charge in [0, 0.05) is 24.7 Å². The van der Waals surface area contributed by atoms with Gasteiger partial charge in [-0.2, -0.15) is 0 Å². The van der Waals surface area contributed by atoms with E-state index in [1.54, 1.807) is 6.07 Å². The SMILES string of the molecule is C[C@@H](c1ccccc1F)N1CCC(O)CC1. The normalized spacial score (nSPS) is 20.9. The zero-order valence-electron chi connectivity index (χ0n) is 9.56. The number of hydrogen-bond donors (Lipinski definition) is 1. The molecule has 0 bridgehead atoms. The van der Waals surface area contributed by atoms with Crippen LogP contribution in [0.2, 0.25) is 0 Å². The predicted octanol–water partition coefficient (Wildman–Crippen LogP) is 2.34. The second kappa shape index (κ2) is 4.93. The molecule has 0 aromatic heterocycles. The van der Waals surface area contributed by atoms with Gasteiger partial charge in [-0.15, -0.1) is 0 Å². The number of aliphatic hydroxyl groups excluding tert-OH is 1. The van der Waals surface area contributed by atoms with Crippen molar-refractivity contribution in [3.63, 3.8) is 0 Å². The summed E-state index contributed by atoms with van der Waals surface area (Å²) in [6.45, 7) is 3.71. The van der Waals surface area contributed by atoms with Crippen LogP contribution in [0, 0.1) is 5.82 Å². The molecule has 1 fully saturated rings. The smallest absolute Gasteiger partial charge is 0.127 e. The highest BCUT2D eigenvalue weighted by Gasteiger charge is 2.23. The summed E-state index contributed by atoms with van der Waals surface area (Å²) < 4.78 is 13.6. The Hall–Kier alpha value is -0.930. The van der Waals surface area contributed by atoms with E-state index in [4.69, 9.17) is 0 Å². The number of likely N-dealkylation sites (tertiary alicyclic amines) is 1. The Morgan fingerprint density at radius 2 is 1.94 bits per heavy atom. The van der Waals surface area contributed by atoms with E-state index < -0.39 is 0 Å².